The Balaban J connectivity index is 2.29. The topological polar surface area (TPSA) is 122 Å². The molecule has 0 bridgehead atoms. The largest absolute Gasteiger partial charge is 0.463 e. The van der Waals surface area contributed by atoms with Gasteiger partial charge in [0.15, 0.2) is 0 Å². The Morgan fingerprint density at radius 3 is 2.83 bits per heavy atom. The molecule has 3 N–H and O–H groups in total. The molecule has 0 spiro atoms. The first-order chi connectivity index (χ1) is 11.0. The molecule has 3 atom stereocenters. The lowest BCUT2D eigenvalue weighted by molar-refractivity contribution is -0.137. The summed E-state index contributed by atoms with van der Waals surface area (Å²) in [7, 11) is 0. The number of aliphatic hydroxyl groups excluding tert-OH is 2. The van der Waals surface area contributed by atoms with Gasteiger partial charge in [-0.3, -0.25) is 14.3 Å². The van der Waals surface area contributed by atoms with Crippen LogP contribution in [0, 0.1) is 5.92 Å². The fraction of sp³-hybridized carbons (Fsp3) is 0.533. The van der Waals surface area contributed by atoms with Gasteiger partial charge in [-0.25, -0.2) is 9.59 Å². The third kappa shape index (κ3) is 3.96. The molecule has 1 heterocycles. The van der Waals surface area contributed by atoms with Crippen molar-refractivity contribution in [3.63, 3.8) is 0 Å². The number of aliphatic hydroxyl groups is 2. The fourth-order valence-electron chi connectivity index (χ4n) is 2.74. The number of aromatic amines is 1. The maximum Gasteiger partial charge on any atom is 0.330 e. The summed E-state index contributed by atoms with van der Waals surface area (Å²) in [4.78, 5) is 37.3. The highest BCUT2D eigenvalue weighted by molar-refractivity contribution is 5.86. The lowest BCUT2D eigenvalue weighted by Gasteiger charge is -2.13. The van der Waals surface area contributed by atoms with Gasteiger partial charge >= 0.3 is 11.7 Å². The van der Waals surface area contributed by atoms with E-state index in [0.29, 0.717) is 12.8 Å². The Bertz CT molecular complexity index is 705. The van der Waals surface area contributed by atoms with Gasteiger partial charge in [-0.05, 0) is 25.8 Å². The number of nitrogens with zero attached hydrogens (tertiary/aromatic N) is 1. The monoisotopic (exact) mass is 324 g/mol. The van der Waals surface area contributed by atoms with E-state index in [1.54, 1.807) is 6.92 Å². The number of carbonyl (C=O) groups excluding carboxylic acids is 1. The van der Waals surface area contributed by atoms with Crippen molar-refractivity contribution in [2.45, 2.75) is 31.9 Å². The minimum absolute atomic E-state index is 0.139. The van der Waals surface area contributed by atoms with Crippen molar-refractivity contribution in [1.29, 1.82) is 0 Å². The van der Waals surface area contributed by atoms with E-state index in [1.807, 2.05) is 0 Å². The van der Waals surface area contributed by atoms with E-state index in [9.17, 15) is 24.6 Å². The van der Waals surface area contributed by atoms with Gasteiger partial charge in [0.25, 0.3) is 5.56 Å². The first-order valence-electron chi connectivity index (χ1n) is 7.45. The molecule has 1 aliphatic rings. The van der Waals surface area contributed by atoms with Gasteiger partial charge in [0.1, 0.15) is 0 Å². The number of esters is 1. The number of hydrogen-bond acceptors (Lipinski definition) is 6. The summed E-state index contributed by atoms with van der Waals surface area (Å²) in [5.41, 5.74) is -1.05. The Labute approximate surface area is 132 Å². The number of ether oxygens (including phenoxy) is 1. The second-order valence-electron chi connectivity index (χ2n) is 5.47. The van der Waals surface area contributed by atoms with Gasteiger partial charge in [0.2, 0.25) is 0 Å². The van der Waals surface area contributed by atoms with Crippen molar-refractivity contribution in [2.24, 2.45) is 5.92 Å². The van der Waals surface area contributed by atoms with Gasteiger partial charge < -0.3 is 14.9 Å². The normalized spacial score (nSPS) is 24.2. The van der Waals surface area contributed by atoms with Crippen molar-refractivity contribution in [1.82, 2.24) is 9.55 Å². The van der Waals surface area contributed by atoms with Crippen molar-refractivity contribution in [2.75, 3.05) is 13.2 Å². The molecule has 1 aromatic heterocycles. The molecular weight excluding hydrogens is 304 g/mol. The molecule has 1 aliphatic carbocycles. The first-order valence-corrected chi connectivity index (χ1v) is 7.45. The highest BCUT2D eigenvalue weighted by atomic mass is 16.5. The van der Waals surface area contributed by atoms with Crippen LogP contribution in [0.5, 0.6) is 0 Å². The minimum atomic E-state index is -0.692. The molecule has 0 saturated heterocycles. The van der Waals surface area contributed by atoms with Crippen LogP contribution in [0.3, 0.4) is 0 Å². The van der Waals surface area contributed by atoms with E-state index in [4.69, 9.17) is 4.74 Å². The summed E-state index contributed by atoms with van der Waals surface area (Å²) in [5.74, 6) is -0.876. The molecule has 0 aromatic carbocycles. The zero-order valence-electron chi connectivity index (χ0n) is 12.8. The Morgan fingerprint density at radius 2 is 2.22 bits per heavy atom. The average Bonchev–Trinajstić information content (AvgIpc) is 2.87. The van der Waals surface area contributed by atoms with Gasteiger partial charge in [-0.15, -0.1) is 0 Å². The van der Waals surface area contributed by atoms with Gasteiger partial charge in [-0.1, -0.05) is 0 Å². The Hall–Kier alpha value is -2.19. The summed E-state index contributed by atoms with van der Waals surface area (Å²) in [6, 6.07) is -0.318. The Kier molecular flexibility index (Phi) is 5.51. The maximum absolute atomic E-state index is 12.0. The molecular formula is C15H20N2O6. The van der Waals surface area contributed by atoms with Crippen molar-refractivity contribution in [3.05, 3.63) is 38.7 Å². The summed E-state index contributed by atoms with van der Waals surface area (Å²) in [6.45, 7) is 1.73. The SMILES string of the molecule is CCOC(=O)/C=C/c1cn([C@@H]2C[C@H](CO)[C@@H](O)C2)c(=O)[nH]c1=O. The smallest absolute Gasteiger partial charge is 0.330 e. The van der Waals surface area contributed by atoms with Gasteiger partial charge in [0.05, 0.1) is 18.3 Å². The molecule has 23 heavy (non-hydrogen) atoms. The summed E-state index contributed by atoms with van der Waals surface area (Å²) < 4.78 is 6.06. The van der Waals surface area contributed by atoms with Crippen LogP contribution in [0.1, 0.15) is 31.4 Å². The molecule has 0 unspecified atom stereocenters. The van der Waals surface area contributed by atoms with E-state index < -0.39 is 23.3 Å². The van der Waals surface area contributed by atoms with Crippen LogP contribution in [0.25, 0.3) is 6.08 Å². The van der Waals surface area contributed by atoms with Crippen LogP contribution >= 0.6 is 0 Å². The minimum Gasteiger partial charge on any atom is -0.463 e. The fourth-order valence-corrected chi connectivity index (χ4v) is 2.74. The van der Waals surface area contributed by atoms with E-state index >= 15 is 0 Å². The third-order valence-corrected chi connectivity index (χ3v) is 3.94. The van der Waals surface area contributed by atoms with E-state index in [0.717, 1.165) is 6.08 Å². The highest BCUT2D eigenvalue weighted by Gasteiger charge is 2.34. The number of rotatable bonds is 5. The molecule has 8 heteroatoms. The number of nitrogens with one attached hydrogen (secondary N) is 1. The molecule has 1 aromatic rings. The Morgan fingerprint density at radius 1 is 1.48 bits per heavy atom. The molecule has 0 aliphatic heterocycles. The lowest BCUT2D eigenvalue weighted by atomic mass is 10.1. The number of H-pyrrole nitrogens is 1. The van der Waals surface area contributed by atoms with Crippen LogP contribution in [-0.2, 0) is 9.53 Å². The molecule has 2 rings (SSSR count). The molecule has 8 nitrogen and oxygen atoms in total. The van der Waals surface area contributed by atoms with Crippen molar-refractivity contribution < 1.29 is 19.7 Å². The molecule has 126 valence electrons. The zero-order chi connectivity index (χ0) is 17.0. The molecule has 1 fully saturated rings. The van der Waals surface area contributed by atoms with E-state index in [1.165, 1.54) is 16.8 Å². The van der Waals surface area contributed by atoms with E-state index in [-0.39, 0.29) is 30.7 Å². The first kappa shape index (κ1) is 17.2. The second kappa shape index (κ2) is 7.38. The number of aromatic nitrogens is 2. The predicted molar refractivity (Wildman–Crippen MR) is 81.8 cm³/mol. The zero-order valence-corrected chi connectivity index (χ0v) is 12.8. The predicted octanol–water partition coefficient (Wildman–Crippen LogP) is -0.583. The van der Waals surface area contributed by atoms with Crippen LogP contribution in [0.15, 0.2) is 21.9 Å². The van der Waals surface area contributed by atoms with Crippen molar-refractivity contribution in [3.8, 4) is 0 Å². The highest BCUT2D eigenvalue weighted by Crippen LogP contribution is 2.33. The van der Waals surface area contributed by atoms with E-state index in [2.05, 4.69) is 4.98 Å². The van der Waals surface area contributed by atoms with Crippen LogP contribution in [0.4, 0.5) is 0 Å². The standard InChI is InChI=1S/C15H20N2O6/c1-2-23-13(20)4-3-9-7-17(15(22)16-14(9)21)11-5-10(8-18)12(19)6-11/h3-4,7,10-12,18-19H,2,5-6,8H2,1H3,(H,16,21,22)/b4-3+/t10-,11-,12+/m1/s1. The number of carbonyl (C=O) groups is 1. The van der Waals surface area contributed by atoms with Crippen molar-refractivity contribution >= 4 is 12.0 Å². The summed E-state index contributed by atoms with van der Waals surface area (Å²) in [5, 5.41) is 19.0. The lowest BCUT2D eigenvalue weighted by Crippen LogP contribution is -2.32. The number of hydrogen-bond donors (Lipinski definition) is 3. The average molecular weight is 324 g/mol. The van der Waals surface area contributed by atoms with Gasteiger partial charge in [-0.2, -0.15) is 0 Å². The van der Waals surface area contributed by atoms with Crippen LogP contribution in [-0.4, -0.2) is 45.1 Å². The molecule has 0 radical (unpaired) electrons. The quantitative estimate of drug-likeness (QED) is 0.492. The maximum atomic E-state index is 12.0. The third-order valence-electron chi connectivity index (χ3n) is 3.94. The van der Waals surface area contributed by atoms with Crippen LogP contribution in [0.2, 0.25) is 0 Å². The molecule has 0 amide bonds. The second-order valence-corrected chi connectivity index (χ2v) is 5.47. The summed E-state index contributed by atoms with van der Waals surface area (Å²) >= 11 is 0. The van der Waals surface area contributed by atoms with Gasteiger partial charge in [0, 0.05) is 30.8 Å². The van der Waals surface area contributed by atoms with Crippen LogP contribution < -0.4 is 11.2 Å². The molecule has 1 saturated carbocycles. The summed E-state index contributed by atoms with van der Waals surface area (Å²) in [6.07, 6.45) is 3.81.